The highest BCUT2D eigenvalue weighted by atomic mass is 16.7. The highest BCUT2D eigenvalue weighted by Gasteiger charge is 2.51. The summed E-state index contributed by atoms with van der Waals surface area (Å²) in [5.41, 5.74) is 0. The third-order valence-electron chi connectivity index (χ3n) is 15.7. The van der Waals surface area contributed by atoms with Crippen LogP contribution in [0, 0.1) is 0 Å². The van der Waals surface area contributed by atoms with E-state index in [0.717, 1.165) is 38.5 Å². The van der Waals surface area contributed by atoms with Gasteiger partial charge in [0.25, 0.3) is 0 Å². The van der Waals surface area contributed by atoms with E-state index in [-0.39, 0.29) is 18.9 Å². The third kappa shape index (κ3) is 33.2. The Labute approximate surface area is 456 Å². The van der Waals surface area contributed by atoms with Gasteiger partial charge in [0.15, 0.2) is 12.6 Å². The number of carbonyl (C=O) groups is 1. The van der Waals surface area contributed by atoms with Crippen molar-refractivity contribution in [2.75, 3.05) is 19.8 Å². The smallest absolute Gasteiger partial charge is 0.220 e. The Kier molecular flexibility index (Phi) is 44.3. The van der Waals surface area contributed by atoms with E-state index in [4.69, 9.17) is 18.9 Å². The Hall–Kier alpha value is -1.27. The van der Waals surface area contributed by atoms with Crippen molar-refractivity contribution in [3.8, 4) is 0 Å². The lowest BCUT2D eigenvalue weighted by molar-refractivity contribution is -0.359. The fourth-order valence-corrected chi connectivity index (χ4v) is 10.6. The van der Waals surface area contributed by atoms with Crippen molar-refractivity contribution in [3.05, 3.63) is 12.2 Å². The second-order valence-electron chi connectivity index (χ2n) is 22.6. The van der Waals surface area contributed by atoms with E-state index in [1.165, 1.54) is 212 Å². The van der Waals surface area contributed by atoms with Gasteiger partial charge in [-0.05, 0) is 19.3 Å². The molecule has 0 spiro atoms. The molecule has 1 amide bonds. The average Bonchev–Trinajstić information content (AvgIpc) is 3.41. The molecule has 0 radical (unpaired) electrons. The van der Waals surface area contributed by atoms with Gasteiger partial charge in [0.1, 0.15) is 48.8 Å². The zero-order chi connectivity index (χ0) is 54.6. The molecule has 2 rings (SSSR count). The fraction of sp³-hybridized carbons (Fsp3) is 0.951. The summed E-state index contributed by atoms with van der Waals surface area (Å²) in [6, 6.07) is -0.909. The largest absolute Gasteiger partial charge is 0.394 e. The van der Waals surface area contributed by atoms with Crippen molar-refractivity contribution in [2.45, 2.75) is 351 Å². The Bertz CT molecular complexity index is 1310. The standard InChI is InChI=1S/C61H117NO13/c1-3-5-7-9-11-13-15-17-19-21-22-23-24-25-26-27-28-29-31-33-35-37-39-41-43-45-53(66)62-49(50(65)44-42-40-38-36-34-32-30-20-18-16-14-12-10-8-6-4-2)48-72-60-58(71)56(69)59(52(47-64)74-60)75-61-57(70)55(68)54(67)51(46-63)73-61/h42,44,49-52,54-61,63-65,67-71H,3-41,43,45-48H2,1-2H3,(H,62,66)/b44-42+/t49-,50+,51+,52+,54-,55?,56?,57?,58?,59+,60+,61-/m0/s1. The molecule has 14 heteroatoms. The van der Waals surface area contributed by atoms with Crippen LogP contribution < -0.4 is 5.32 Å². The van der Waals surface area contributed by atoms with Crippen molar-refractivity contribution < 1.29 is 64.6 Å². The lowest BCUT2D eigenvalue weighted by Gasteiger charge is -2.46. The predicted octanol–water partition coefficient (Wildman–Crippen LogP) is 11.1. The number of allylic oxidation sites excluding steroid dienone is 1. The van der Waals surface area contributed by atoms with Crippen LogP contribution in [0.15, 0.2) is 12.2 Å². The molecule has 75 heavy (non-hydrogen) atoms. The molecule has 0 aromatic heterocycles. The van der Waals surface area contributed by atoms with Crippen LogP contribution in [0.3, 0.4) is 0 Å². The molecule has 0 aromatic rings. The molecule has 2 saturated heterocycles. The first-order chi connectivity index (χ1) is 36.6. The number of carbonyl (C=O) groups excluding carboxylic acids is 1. The number of nitrogens with one attached hydrogen (secondary N) is 1. The van der Waals surface area contributed by atoms with Crippen LogP contribution in [0.5, 0.6) is 0 Å². The Morgan fingerprint density at radius 2 is 0.827 bits per heavy atom. The number of aliphatic hydroxyl groups is 8. The molecule has 444 valence electrons. The minimum atomic E-state index is -1.79. The van der Waals surface area contributed by atoms with Gasteiger partial charge in [-0.3, -0.25) is 4.79 Å². The Morgan fingerprint density at radius 1 is 0.467 bits per heavy atom. The number of amides is 1. The topological polar surface area (TPSA) is 228 Å². The fourth-order valence-electron chi connectivity index (χ4n) is 10.6. The van der Waals surface area contributed by atoms with Crippen molar-refractivity contribution >= 4 is 5.91 Å². The maximum Gasteiger partial charge on any atom is 0.220 e. The molecular formula is C61H117NO13. The molecular weight excluding hydrogens is 955 g/mol. The summed E-state index contributed by atoms with van der Waals surface area (Å²) in [4.78, 5) is 13.3. The summed E-state index contributed by atoms with van der Waals surface area (Å²) in [5, 5.41) is 87.1. The zero-order valence-electron chi connectivity index (χ0n) is 47.8. The van der Waals surface area contributed by atoms with Crippen LogP contribution in [0.1, 0.15) is 277 Å². The Morgan fingerprint density at radius 3 is 1.23 bits per heavy atom. The van der Waals surface area contributed by atoms with Crippen LogP contribution in [-0.4, -0.2) is 140 Å². The van der Waals surface area contributed by atoms with E-state index < -0.39 is 86.8 Å². The summed E-state index contributed by atoms with van der Waals surface area (Å²) >= 11 is 0. The van der Waals surface area contributed by atoms with Crippen LogP contribution in [0.25, 0.3) is 0 Å². The van der Waals surface area contributed by atoms with Gasteiger partial charge in [0.2, 0.25) is 5.91 Å². The molecule has 0 saturated carbocycles. The third-order valence-corrected chi connectivity index (χ3v) is 15.7. The van der Waals surface area contributed by atoms with Gasteiger partial charge in [0, 0.05) is 6.42 Å². The molecule has 4 unspecified atom stereocenters. The van der Waals surface area contributed by atoms with E-state index in [9.17, 15) is 45.6 Å². The van der Waals surface area contributed by atoms with Gasteiger partial charge in [0.05, 0.1) is 32.0 Å². The summed E-state index contributed by atoms with van der Waals surface area (Å²) in [7, 11) is 0. The second kappa shape index (κ2) is 47.5. The minimum absolute atomic E-state index is 0.233. The highest BCUT2D eigenvalue weighted by molar-refractivity contribution is 5.76. The SMILES string of the molecule is CCCCCCCCCCCCCCCC/C=C/[C@@H](O)[C@H](CO[C@@H]1O[C@H](CO)[C@@H](O[C@@H]2O[C@H](CO)[C@H](O)C(O)C2O)C(O)C1O)NC(=O)CCCCCCCCCCCCCCCCCCCCCCCCCCC. The molecule has 0 aromatic carbocycles. The van der Waals surface area contributed by atoms with Gasteiger partial charge < -0.3 is 65.1 Å². The summed E-state index contributed by atoms with van der Waals surface area (Å²) < 4.78 is 22.8. The molecule has 0 bridgehead atoms. The van der Waals surface area contributed by atoms with Gasteiger partial charge in [-0.1, -0.05) is 264 Å². The van der Waals surface area contributed by atoms with Crippen LogP contribution in [0.4, 0.5) is 0 Å². The maximum absolute atomic E-state index is 13.3. The van der Waals surface area contributed by atoms with E-state index in [1.807, 2.05) is 6.08 Å². The van der Waals surface area contributed by atoms with Crippen molar-refractivity contribution in [2.24, 2.45) is 0 Å². The van der Waals surface area contributed by atoms with E-state index in [0.29, 0.717) is 6.42 Å². The number of rotatable bonds is 51. The number of hydrogen-bond acceptors (Lipinski definition) is 13. The van der Waals surface area contributed by atoms with Crippen LogP contribution in [0.2, 0.25) is 0 Å². The molecule has 2 heterocycles. The van der Waals surface area contributed by atoms with Crippen molar-refractivity contribution in [1.82, 2.24) is 5.32 Å². The summed E-state index contributed by atoms with van der Waals surface area (Å²) in [6.07, 6.45) is 38.3. The van der Waals surface area contributed by atoms with E-state index in [1.54, 1.807) is 6.08 Å². The quantitative estimate of drug-likeness (QED) is 0.0204. The number of unbranched alkanes of at least 4 members (excludes halogenated alkanes) is 38. The number of hydrogen-bond donors (Lipinski definition) is 9. The molecule has 14 nitrogen and oxygen atoms in total. The molecule has 2 aliphatic heterocycles. The monoisotopic (exact) mass is 1070 g/mol. The zero-order valence-corrected chi connectivity index (χ0v) is 47.8. The highest BCUT2D eigenvalue weighted by Crippen LogP contribution is 2.30. The first-order valence-electron chi connectivity index (χ1n) is 31.4. The second-order valence-corrected chi connectivity index (χ2v) is 22.6. The molecule has 2 fully saturated rings. The van der Waals surface area contributed by atoms with Crippen LogP contribution in [-0.2, 0) is 23.7 Å². The van der Waals surface area contributed by atoms with Crippen molar-refractivity contribution in [3.63, 3.8) is 0 Å². The predicted molar refractivity (Wildman–Crippen MR) is 300 cm³/mol. The maximum atomic E-state index is 13.3. The van der Waals surface area contributed by atoms with Gasteiger partial charge in [-0.25, -0.2) is 0 Å². The Balaban J connectivity index is 1.71. The van der Waals surface area contributed by atoms with Gasteiger partial charge >= 0.3 is 0 Å². The molecule has 0 aliphatic carbocycles. The van der Waals surface area contributed by atoms with E-state index >= 15 is 0 Å². The van der Waals surface area contributed by atoms with E-state index in [2.05, 4.69) is 19.2 Å². The summed E-state index contributed by atoms with van der Waals surface area (Å²) in [6.45, 7) is 2.84. The normalized spacial score (nSPS) is 25.0. The first kappa shape index (κ1) is 69.8. The molecule has 2 aliphatic rings. The minimum Gasteiger partial charge on any atom is -0.394 e. The average molecular weight is 1070 g/mol. The first-order valence-corrected chi connectivity index (χ1v) is 31.4. The van der Waals surface area contributed by atoms with Gasteiger partial charge in [-0.2, -0.15) is 0 Å². The molecule has 12 atom stereocenters. The lowest BCUT2D eigenvalue weighted by atomic mass is 9.97. The van der Waals surface area contributed by atoms with Crippen LogP contribution >= 0.6 is 0 Å². The molecule has 9 N–H and O–H groups in total. The number of ether oxygens (including phenoxy) is 4. The van der Waals surface area contributed by atoms with Crippen molar-refractivity contribution in [1.29, 1.82) is 0 Å². The lowest BCUT2D eigenvalue weighted by Crippen LogP contribution is -2.65. The summed E-state index contributed by atoms with van der Waals surface area (Å²) in [5.74, 6) is -0.233. The number of aliphatic hydroxyl groups excluding tert-OH is 8. The van der Waals surface area contributed by atoms with Gasteiger partial charge in [-0.15, -0.1) is 0 Å².